The fraction of sp³-hybridized carbons (Fsp3) is 0.667. The van der Waals surface area contributed by atoms with Gasteiger partial charge in [-0.15, -0.1) is 0 Å². The Balaban J connectivity index is 2.47. The first kappa shape index (κ1) is 18.3. The van der Waals surface area contributed by atoms with Crippen LogP contribution in [0.4, 0.5) is 9.59 Å². The topological polar surface area (TPSA) is 145 Å². The van der Waals surface area contributed by atoms with Crippen LogP contribution in [0.15, 0.2) is 0 Å². The van der Waals surface area contributed by atoms with Gasteiger partial charge in [-0.3, -0.25) is 9.63 Å². The number of amides is 3. The van der Waals surface area contributed by atoms with Crippen molar-refractivity contribution >= 4 is 24.1 Å². The number of carbonyl (C=O) groups is 4. The van der Waals surface area contributed by atoms with Gasteiger partial charge in [0, 0.05) is 17.7 Å². The number of nitrogens with zero attached hydrogens (tertiary/aromatic N) is 2. The number of carboxylic acid groups (broad SMARTS) is 1. The quantitative estimate of drug-likeness (QED) is 0.394. The Morgan fingerprint density at radius 1 is 1.22 bits per heavy atom. The van der Waals surface area contributed by atoms with Gasteiger partial charge >= 0.3 is 18.0 Å². The minimum atomic E-state index is -1.56. The van der Waals surface area contributed by atoms with Gasteiger partial charge in [-0.1, -0.05) is 4.91 Å². The van der Waals surface area contributed by atoms with Crippen molar-refractivity contribution in [2.45, 2.75) is 38.3 Å². The molecule has 1 N–H and O–H groups in total. The average molecular weight is 331 g/mol. The second kappa shape index (κ2) is 8.66. The van der Waals surface area contributed by atoms with Gasteiger partial charge in [0.15, 0.2) is 0 Å². The van der Waals surface area contributed by atoms with Crippen LogP contribution in [0.1, 0.15) is 32.1 Å². The molecular formula is C12H17N3O8. The lowest BCUT2D eigenvalue weighted by Gasteiger charge is -2.33. The van der Waals surface area contributed by atoms with E-state index in [1.165, 1.54) is 0 Å². The number of methoxy groups -OCH3 is 1. The first-order valence-corrected chi connectivity index (χ1v) is 6.87. The lowest BCUT2D eigenvalue weighted by molar-refractivity contribution is -0.529. The average Bonchev–Trinajstić information content (AvgIpc) is 2.56. The number of nitrogens with one attached hydrogen (secondary N) is 1. The normalized spacial score (nSPS) is 17.1. The molecule has 11 heteroatoms. The molecule has 1 aliphatic rings. The van der Waals surface area contributed by atoms with Crippen molar-refractivity contribution in [1.29, 1.82) is 0 Å². The van der Waals surface area contributed by atoms with Crippen molar-refractivity contribution in [2.24, 2.45) is 0 Å². The number of nitroso groups, excluding NO2 is 1. The van der Waals surface area contributed by atoms with Crippen molar-refractivity contribution in [2.75, 3.05) is 13.7 Å². The monoisotopic (exact) mass is 331 g/mol. The highest BCUT2D eigenvalue weighted by molar-refractivity contribution is 5.78. The smallest absolute Gasteiger partial charge is 0.530 e. The minimum Gasteiger partial charge on any atom is -0.530 e. The van der Waals surface area contributed by atoms with Crippen LogP contribution >= 0.6 is 0 Å². The van der Waals surface area contributed by atoms with E-state index in [9.17, 15) is 29.2 Å². The van der Waals surface area contributed by atoms with Crippen LogP contribution in [0.5, 0.6) is 0 Å². The summed E-state index contributed by atoms with van der Waals surface area (Å²) in [5, 5.41) is 10.9. The van der Waals surface area contributed by atoms with E-state index in [0.717, 1.165) is 12.0 Å². The van der Waals surface area contributed by atoms with Gasteiger partial charge in [0.1, 0.15) is 6.09 Å². The zero-order chi connectivity index (χ0) is 17.4. The van der Waals surface area contributed by atoms with Gasteiger partial charge in [0.25, 0.3) is 0 Å². The summed E-state index contributed by atoms with van der Waals surface area (Å²) in [6.45, 7) is 0.0813. The fourth-order valence-electron chi connectivity index (χ4n) is 2.01. The number of hydrogen-bond donors (Lipinski definition) is 1. The summed E-state index contributed by atoms with van der Waals surface area (Å²) in [5.41, 5.74) is 1.61. The molecule has 0 aromatic heterocycles. The van der Waals surface area contributed by atoms with E-state index in [-0.39, 0.29) is 30.6 Å². The van der Waals surface area contributed by atoms with E-state index in [1.807, 2.05) is 0 Å². The molecule has 1 saturated heterocycles. The third-order valence-corrected chi connectivity index (χ3v) is 3.19. The standard InChI is InChI=1S/C12H17N3O8/c1-22-9(16)5-6-10(17)23-13-11(18)15(21)8-4-2-3-7-14(8)12(19)20/h8H,2-7H2,1H3,(H-,13,18,19,20). The Labute approximate surface area is 131 Å². The molecule has 0 aliphatic carbocycles. The predicted octanol–water partition coefficient (Wildman–Crippen LogP) is -0.958. The molecule has 1 heterocycles. The molecule has 1 unspecified atom stereocenters. The summed E-state index contributed by atoms with van der Waals surface area (Å²) in [7, 11) is 1.15. The third kappa shape index (κ3) is 5.52. The fourth-order valence-corrected chi connectivity index (χ4v) is 2.01. The van der Waals surface area contributed by atoms with Gasteiger partial charge in [0.05, 0.1) is 20.0 Å². The molecule has 128 valence electrons. The number of hydrogen-bond acceptors (Lipinski definition) is 8. The summed E-state index contributed by atoms with van der Waals surface area (Å²) in [4.78, 5) is 61.5. The molecule has 0 aromatic rings. The van der Waals surface area contributed by atoms with E-state index in [2.05, 4.69) is 9.57 Å². The van der Waals surface area contributed by atoms with Crippen LogP contribution in [0.25, 0.3) is 0 Å². The lowest BCUT2D eigenvalue weighted by Crippen LogP contribution is -2.56. The molecule has 3 amide bonds. The molecule has 1 atom stereocenters. The Bertz CT molecular complexity index is 507. The van der Waals surface area contributed by atoms with Crippen molar-refractivity contribution in [1.82, 2.24) is 10.4 Å². The first-order chi connectivity index (χ1) is 10.9. The van der Waals surface area contributed by atoms with Crippen LogP contribution in [0, 0.1) is 4.91 Å². The van der Waals surface area contributed by atoms with Crippen LogP contribution < -0.4 is 10.6 Å². The number of urea groups is 1. The molecule has 0 aromatic carbocycles. The zero-order valence-electron chi connectivity index (χ0n) is 12.5. The summed E-state index contributed by atoms with van der Waals surface area (Å²) in [5.74, 6) is -1.58. The largest absolute Gasteiger partial charge is 0.571 e. The Hall–Kier alpha value is -2.72. The first-order valence-electron chi connectivity index (χ1n) is 6.87. The van der Waals surface area contributed by atoms with Gasteiger partial charge < -0.3 is 19.5 Å². The Morgan fingerprint density at radius 3 is 2.48 bits per heavy atom. The van der Waals surface area contributed by atoms with Crippen molar-refractivity contribution in [3.63, 3.8) is 0 Å². The summed E-state index contributed by atoms with van der Waals surface area (Å²) in [6.07, 6.45) is -2.10. The lowest BCUT2D eigenvalue weighted by atomic mass is 10.1. The number of piperidine rings is 1. The van der Waals surface area contributed by atoms with Crippen LogP contribution in [0.3, 0.4) is 0 Å². The maximum Gasteiger partial charge on any atom is 0.571 e. The summed E-state index contributed by atoms with van der Waals surface area (Å²) >= 11 is 0. The maximum absolute atomic E-state index is 11.8. The molecule has 1 aliphatic heterocycles. The number of esters is 1. The molecule has 0 saturated carbocycles. The van der Waals surface area contributed by atoms with Crippen molar-refractivity contribution in [3.8, 4) is 0 Å². The number of likely N-dealkylation sites (tertiary alicyclic amines) is 1. The molecule has 0 spiro atoms. The second-order valence-electron chi connectivity index (χ2n) is 4.72. The SMILES string of the molecule is COC(=O)CCC(=O)ONC(=O)[N+](=O)C1CCCCN1C(=O)[O-]. The number of ether oxygens (including phenoxy) is 1. The number of rotatable bonds is 4. The third-order valence-electron chi connectivity index (χ3n) is 3.19. The van der Waals surface area contributed by atoms with E-state index in [1.54, 1.807) is 5.48 Å². The van der Waals surface area contributed by atoms with Crippen molar-refractivity contribution in [3.05, 3.63) is 4.91 Å². The van der Waals surface area contributed by atoms with Crippen LogP contribution in [0.2, 0.25) is 0 Å². The predicted molar refractivity (Wildman–Crippen MR) is 69.2 cm³/mol. The Kier molecular flexibility index (Phi) is 6.90. The number of hydroxylamine groups is 1. The van der Waals surface area contributed by atoms with E-state index < -0.39 is 30.2 Å². The zero-order valence-corrected chi connectivity index (χ0v) is 12.5. The van der Waals surface area contributed by atoms with Crippen LogP contribution in [-0.2, 0) is 19.2 Å². The molecular weight excluding hydrogens is 314 g/mol. The van der Waals surface area contributed by atoms with Crippen LogP contribution in [-0.4, -0.2) is 53.5 Å². The van der Waals surface area contributed by atoms with Crippen molar-refractivity contribution < 1.29 is 38.6 Å². The highest BCUT2D eigenvalue weighted by atomic mass is 16.7. The highest BCUT2D eigenvalue weighted by Crippen LogP contribution is 2.17. The van der Waals surface area contributed by atoms with E-state index in [0.29, 0.717) is 12.8 Å². The minimum absolute atomic E-state index is 0.0813. The summed E-state index contributed by atoms with van der Waals surface area (Å²) < 4.78 is 4.20. The highest BCUT2D eigenvalue weighted by Gasteiger charge is 2.37. The summed E-state index contributed by atoms with van der Waals surface area (Å²) in [6, 6.07) is -1.32. The van der Waals surface area contributed by atoms with E-state index in [4.69, 9.17) is 0 Å². The van der Waals surface area contributed by atoms with Gasteiger partial charge in [-0.25, -0.2) is 4.79 Å². The maximum atomic E-state index is 11.8. The van der Waals surface area contributed by atoms with Gasteiger partial charge in [-0.05, 0) is 18.3 Å². The second-order valence-corrected chi connectivity index (χ2v) is 4.72. The van der Waals surface area contributed by atoms with Gasteiger partial charge in [-0.2, -0.15) is 4.79 Å². The molecule has 1 fully saturated rings. The van der Waals surface area contributed by atoms with Gasteiger partial charge in [0.2, 0.25) is 6.17 Å². The number of carbonyl (C=O) groups excluding carboxylic acids is 4. The molecule has 1 rings (SSSR count). The Morgan fingerprint density at radius 2 is 1.87 bits per heavy atom. The molecule has 11 nitrogen and oxygen atoms in total. The van der Waals surface area contributed by atoms with E-state index >= 15 is 0 Å². The molecule has 0 bridgehead atoms. The molecule has 23 heavy (non-hydrogen) atoms. The molecule has 0 radical (unpaired) electrons.